The van der Waals surface area contributed by atoms with Crippen LogP contribution in [0.5, 0.6) is 0 Å². The summed E-state index contributed by atoms with van der Waals surface area (Å²) < 4.78 is 4.81. The second-order valence-corrected chi connectivity index (χ2v) is 7.50. The van der Waals surface area contributed by atoms with Crippen LogP contribution >= 0.6 is 11.8 Å². The maximum absolute atomic E-state index is 13.0. The molecule has 146 valence electrons. The number of hydrogen-bond acceptors (Lipinski definition) is 5. The molecule has 0 radical (unpaired) electrons. The van der Waals surface area contributed by atoms with E-state index >= 15 is 0 Å². The minimum absolute atomic E-state index is 0.0255. The van der Waals surface area contributed by atoms with Crippen molar-refractivity contribution in [3.8, 4) is 0 Å². The summed E-state index contributed by atoms with van der Waals surface area (Å²) in [6.07, 6.45) is 0.286. The second kappa shape index (κ2) is 9.41. The number of nitrogens with one attached hydrogen (secondary N) is 1. The first-order chi connectivity index (χ1) is 13.6. The zero-order valence-electron chi connectivity index (χ0n) is 15.6. The molecular weight excluding hydrogens is 376 g/mol. The standard InChI is InChI=1S/C21H22N2O4S/c1-2-27-21(26)13-22-19(24)14-23-16-10-6-7-11-17(16)28-18(12-20(23)25)15-8-4-3-5-9-15/h3-11,18H,2,12-14H2,1H3,(H,22,24)/t18-/m1/s1. The molecule has 1 aliphatic rings. The number of carbonyl (C=O) groups excluding carboxylic acids is 3. The summed E-state index contributed by atoms with van der Waals surface area (Å²) in [7, 11) is 0. The van der Waals surface area contributed by atoms with Crippen LogP contribution in [0.1, 0.15) is 24.2 Å². The van der Waals surface area contributed by atoms with Gasteiger partial charge in [0.2, 0.25) is 11.8 Å². The second-order valence-electron chi connectivity index (χ2n) is 6.25. The summed E-state index contributed by atoms with van der Waals surface area (Å²) in [5, 5.41) is 2.49. The van der Waals surface area contributed by atoms with Crippen LogP contribution in [0, 0.1) is 0 Å². The highest BCUT2D eigenvalue weighted by Crippen LogP contribution is 2.45. The Morgan fingerprint density at radius 1 is 1.14 bits per heavy atom. The Morgan fingerprint density at radius 2 is 1.86 bits per heavy atom. The zero-order valence-corrected chi connectivity index (χ0v) is 16.4. The number of para-hydroxylation sites is 1. The number of esters is 1. The SMILES string of the molecule is CCOC(=O)CNC(=O)CN1C(=O)C[C@H](c2ccccc2)Sc2ccccc21. The average molecular weight is 398 g/mol. The van der Waals surface area contributed by atoms with Gasteiger partial charge in [-0.2, -0.15) is 0 Å². The van der Waals surface area contributed by atoms with Gasteiger partial charge in [-0.25, -0.2) is 0 Å². The number of amides is 2. The first kappa shape index (κ1) is 19.9. The molecule has 3 rings (SSSR count). The lowest BCUT2D eigenvalue weighted by Gasteiger charge is -2.22. The van der Waals surface area contributed by atoms with Crippen LogP contribution in [0.4, 0.5) is 5.69 Å². The van der Waals surface area contributed by atoms with Crippen molar-refractivity contribution in [3.63, 3.8) is 0 Å². The first-order valence-electron chi connectivity index (χ1n) is 9.11. The van der Waals surface area contributed by atoms with Crippen LogP contribution in [0.3, 0.4) is 0 Å². The summed E-state index contributed by atoms with van der Waals surface area (Å²) in [5.41, 5.74) is 1.78. The Balaban J connectivity index is 1.77. The van der Waals surface area contributed by atoms with Gasteiger partial charge in [0.25, 0.3) is 0 Å². The van der Waals surface area contributed by atoms with Crippen LogP contribution in [-0.2, 0) is 19.1 Å². The third-order valence-electron chi connectivity index (χ3n) is 4.29. The van der Waals surface area contributed by atoms with E-state index in [2.05, 4.69) is 5.32 Å². The minimum atomic E-state index is -0.502. The molecule has 7 heteroatoms. The highest BCUT2D eigenvalue weighted by Gasteiger charge is 2.30. The first-order valence-corrected chi connectivity index (χ1v) is 9.99. The highest BCUT2D eigenvalue weighted by molar-refractivity contribution is 7.99. The van der Waals surface area contributed by atoms with Gasteiger partial charge in [-0.15, -0.1) is 11.8 Å². The average Bonchev–Trinajstić information content (AvgIpc) is 2.84. The molecule has 0 bridgehead atoms. The zero-order chi connectivity index (χ0) is 19.9. The molecule has 0 saturated heterocycles. The van der Waals surface area contributed by atoms with Crippen molar-refractivity contribution in [2.45, 2.75) is 23.5 Å². The number of fused-ring (bicyclic) bond motifs is 1. The molecule has 1 atom stereocenters. The van der Waals surface area contributed by atoms with Gasteiger partial charge in [0, 0.05) is 16.6 Å². The number of carbonyl (C=O) groups is 3. The Labute approximate surface area is 168 Å². The number of ether oxygens (including phenoxy) is 1. The van der Waals surface area contributed by atoms with E-state index in [1.54, 1.807) is 18.7 Å². The molecule has 0 saturated carbocycles. The van der Waals surface area contributed by atoms with Gasteiger partial charge in [0.1, 0.15) is 13.1 Å². The number of rotatable bonds is 6. The fraction of sp³-hybridized carbons (Fsp3) is 0.286. The molecule has 1 heterocycles. The summed E-state index contributed by atoms with van der Waals surface area (Å²) in [6.45, 7) is 1.60. The van der Waals surface area contributed by atoms with Gasteiger partial charge in [-0.3, -0.25) is 14.4 Å². The fourth-order valence-electron chi connectivity index (χ4n) is 2.99. The van der Waals surface area contributed by atoms with E-state index in [4.69, 9.17) is 4.74 Å². The Hall–Kier alpha value is -2.80. The molecule has 1 N–H and O–H groups in total. The van der Waals surface area contributed by atoms with Crippen molar-refractivity contribution >= 4 is 35.2 Å². The number of hydrogen-bond donors (Lipinski definition) is 1. The lowest BCUT2D eigenvalue weighted by molar-refractivity contribution is -0.143. The predicted octanol–water partition coefficient (Wildman–Crippen LogP) is 2.94. The summed E-state index contributed by atoms with van der Waals surface area (Å²) >= 11 is 1.62. The van der Waals surface area contributed by atoms with Crippen molar-refractivity contribution in [1.82, 2.24) is 5.32 Å². The fourth-order valence-corrected chi connectivity index (χ4v) is 4.27. The summed E-state index contributed by atoms with van der Waals surface area (Å²) in [6, 6.07) is 17.4. The normalized spacial score (nSPS) is 16.1. The molecule has 0 aliphatic carbocycles. The maximum atomic E-state index is 13.0. The topological polar surface area (TPSA) is 75.7 Å². The lowest BCUT2D eigenvalue weighted by Crippen LogP contribution is -2.42. The predicted molar refractivity (Wildman–Crippen MR) is 108 cm³/mol. The van der Waals surface area contributed by atoms with Crippen molar-refractivity contribution in [3.05, 3.63) is 60.2 Å². The third kappa shape index (κ3) is 4.92. The van der Waals surface area contributed by atoms with Gasteiger partial charge in [0.05, 0.1) is 12.3 Å². The molecule has 6 nitrogen and oxygen atoms in total. The molecule has 0 aromatic heterocycles. The monoisotopic (exact) mass is 398 g/mol. The molecule has 0 fully saturated rings. The number of nitrogens with zero attached hydrogens (tertiary/aromatic N) is 1. The molecule has 2 aromatic rings. The molecule has 2 aromatic carbocycles. The van der Waals surface area contributed by atoms with Gasteiger partial charge < -0.3 is 15.0 Å². The summed E-state index contributed by atoms with van der Waals surface area (Å²) in [5.74, 6) is -1.03. The Bertz CT molecular complexity index is 856. The van der Waals surface area contributed by atoms with Crippen LogP contribution < -0.4 is 10.2 Å². The summed E-state index contributed by atoms with van der Waals surface area (Å²) in [4.78, 5) is 39.2. The number of thioether (sulfide) groups is 1. The quantitative estimate of drug-likeness (QED) is 0.757. The number of anilines is 1. The van der Waals surface area contributed by atoms with E-state index in [1.807, 2.05) is 54.6 Å². The smallest absolute Gasteiger partial charge is 0.325 e. The Kier molecular flexibility index (Phi) is 6.71. The third-order valence-corrected chi connectivity index (χ3v) is 5.62. The van der Waals surface area contributed by atoms with Gasteiger partial charge in [0.15, 0.2) is 0 Å². The van der Waals surface area contributed by atoms with Gasteiger partial charge in [-0.1, -0.05) is 42.5 Å². The van der Waals surface area contributed by atoms with Gasteiger partial charge >= 0.3 is 5.97 Å². The lowest BCUT2D eigenvalue weighted by atomic mass is 10.1. The van der Waals surface area contributed by atoms with E-state index in [9.17, 15) is 14.4 Å². The van der Waals surface area contributed by atoms with Gasteiger partial charge in [-0.05, 0) is 24.6 Å². The number of benzene rings is 2. The van der Waals surface area contributed by atoms with Crippen molar-refractivity contribution < 1.29 is 19.1 Å². The Morgan fingerprint density at radius 3 is 2.61 bits per heavy atom. The van der Waals surface area contributed by atoms with E-state index in [0.717, 1.165) is 10.5 Å². The van der Waals surface area contributed by atoms with Crippen molar-refractivity contribution in [1.29, 1.82) is 0 Å². The molecular formula is C21H22N2O4S. The van der Waals surface area contributed by atoms with E-state index in [0.29, 0.717) is 5.69 Å². The minimum Gasteiger partial charge on any atom is -0.465 e. The van der Waals surface area contributed by atoms with E-state index in [-0.39, 0.29) is 37.3 Å². The molecule has 0 unspecified atom stereocenters. The van der Waals surface area contributed by atoms with Crippen LogP contribution in [-0.4, -0.2) is 37.5 Å². The molecule has 28 heavy (non-hydrogen) atoms. The highest BCUT2D eigenvalue weighted by atomic mass is 32.2. The molecule has 1 aliphatic heterocycles. The molecule has 0 spiro atoms. The van der Waals surface area contributed by atoms with Crippen molar-refractivity contribution in [2.24, 2.45) is 0 Å². The van der Waals surface area contributed by atoms with Crippen LogP contribution in [0.2, 0.25) is 0 Å². The van der Waals surface area contributed by atoms with E-state index in [1.165, 1.54) is 4.90 Å². The van der Waals surface area contributed by atoms with Crippen molar-refractivity contribution in [2.75, 3.05) is 24.6 Å². The largest absolute Gasteiger partial charge is 0.465 e. The van der Waals surface area contributed by atoms with Crippen LogP contribution in [0.25, 0.3) is 0 Å². The molecule has 2 amide bonds. The van der Waals surface area contributed by atoms with Crippen LogP contribution in [0.15, 0.2) is 59.5 Å². The maximum Gasteiger partial charge on any atom is 0.325 e. The van der Waals surface area contributed by atoms with E-state index < -0.39 is 11.9 Å².